The highest BCUT2D eigenvalue weighted by atomic mass is 16.4. The molecule has 0 aromatic heterocycles. The number of nitrogens with two attached hydrogens (primary N) is 1. The maximum Gasteiger partial charge on any atom is 0.236 e. The molecule has 0 unspecified atom stereocenters. The van der Waals surface area contributed by atoms with E-state index in [0.717, 1.165) is 19.4 Å². The number of oxime groups is 1. The lowest BCUT2D eigenvalue weighted by molar-refractivity contribution is -0.147. The lowest BCUT2D eigenvalue weighted by atomic mass is 9.61. The first-order valence-electron chi connectivity index (χ1n) is 8.19. The van der Waals surface area contributed by atoms with Gasteiger partial charge in [-0.2, -0.15) is 0 Å². The van der Waals surface area contributed by atoms with Crippen LogP contribution in [0.4, 0.5) is 0 Å². The second-order valence-corrected chi connectivity index (χ2v) is 7.37. The summed E-state index contributed by atoms with van der Waals surface area (Å²) in [6, 6.07) is 0.333. The molecule has 2 saturated carbocycles. The van der Waals surface area contributed by atoms with Gasteiger partial charge in [-0.25, -0.2) is 0 Å². The van der Waals surface area contributed by atoms with E-state index in [1.165, 1.54) is 12.8 Å². The zero-order valence-electron chi connectivity index (χ0n) is 13.5. The van der Waals surface area contributed by atoms with Gasteiger partial charge in [-0.3, -0.25) is 4.79 Å². The fourth-order valence-electron chi connectivity index (χ4n) is 4.00. The Morgan fingerprint density at radius 3 is 2.38 bits per heavy atom. The molecule has 2 aliphatic rings. The van der Waals surface area contributed by atoms with E-state index >= 15 is 0 Å². The highest BCUT2D eigenvalue weighted by Crippen LogP contribution is 2.48. The summed E-state index contributed by atoms with van der Waals surface area (Å²) in [5, 5.41) is 12.3. The summed E-state index contributed by atoms with van der Waals surface area (Å²) >= 11 is 0. The first kappa shape index (κ1) is 16.1. The molecule has 0 heterocycles. The van der Waals surface area contributed by atoms with Crippen molar-refractivity contribution in [2.45, 2.75) is 65.3 Å². The number of carbonyl (C=O) groups excluding carboxylic acids is 1. The number of amidine groups is 1. The van der Waals surface area contributed by atoms with Crippen molar-refractivity contribution in [3.05, 3.63) is 0 Å². The van der Waals surface area contributed by atoms with Gasteiger partial charge < -0.3 is 15.8 Å². The van der Waals surface area contributed by atoms with Crippen LogP contribution in [0.3, 0.4) is 0 Å². The second-order valence-electron chi connectivity index (χ2n) is 7.37. The standard InChI is InChI=1S/C16H29N3O2/c1-11(2)10-19(13-6-4-5-7-13)15(20)16(14(17)18-21)8-12(3)9-16/h11-13,21H,4-10H2,1-3H3,(H2,17,18). The van der Waals surface area contributed by atoms with E-state index in [9.17, 15) is 4.79 Å². The van der Waals surface area contributed by atoms with Gasteiger partial charge in [-0.1, -0.05) is 38.8 Å². The van der Waals surface area contributed by atoms with Crippen LogP contribution in [0.15, 0.2) is 5.16 Å². The van der Waals surface area contributed by atoms with Gasteiger partial charge in [0, 0.05) is 12.6 Å². The Hall–Kier alpha value is -1.26. The molecule has 2 rings (SSSR count). The van der Waals surface area contributed by atoms with Gasteiger partial charge in [0.25, 0.3) is 0 Å². The number of rotatable bonds is 5. The van der Waals surface area contributed by atoms with Crippen LogP contribution in [0.25, 0.3) is 0 Å². The average molecular weight is 295 g/mol. The largest absolute Gasteiger partial charge is 0.409 e. The van der Waals surface area contributed by atoms with E-state index in [2.05, 4.69) is 25.9 Å². The fraction of sp³-hybridized carbons (Fsp3) is 0.875. The molecule has 1 amide bonds. The Morgan fingerprint density at radius 2 is 1.95 bits per heavy atom. The van der Waals surface area contributed by atoms with Gasteiger partial charge >= 0.3 is 0 Å². The topological polar surface area (TPSA) is 78.9 Å². The van der Waals surface area contributed by atoms with Crippen molar-refractivity contribution >= 4 is 11.7 Å². The summed E-state index contributed by atoms with van der Waals surface area (Å²) in [4.78, 5) is 15.2. The average Bonchev–Trinajstić information content (AvgIpc) is 2.93. The lowest BCUT2D eigenvalue weighted by Crippen LogP contribution is -2.59. The molecule has 3 N–H and O–H groups in total. The normalized spacial score (nSPS) is 30.5. The minimum atomic E-state index is -0.758. The van der Waals surface area contributed by atoms with Gasteiger partial charge in [0.2, 0.25) is 5.91 Å². The van der Waals surface area contributed by atoms with Gasteiger partial charge in [-0.05, 0) is 37.5 Å². The van der Waals surface area contributed by atoms with Crippen molar-refractivity contribution in [2.24, 2.45) is 28.1 Å². The van der Waals surface area contributed by atoms with Crippen molar-refractivity contribution in [1.82, 2.24) is 4.90 Å². The van der Waals surface area contributed by atoms with Crippen molar-refractivity contribution in [3.63, 3.8) is 0 Å². The third kappa shape index (κ3) is 3.01. The molecule has 5 nitrogen and oxygen atoms in total. The van der Waals surface area contributed by atoms with Crippen LogP contribution in [-0.2, 0) is 4.79 Å². The summed E-state index contributed by atoms with van der Waals surface area (Å²) in [6.45, 7) is 7.14. The highest BCUT2D eigenvalue weighted by molar-refractivity contribution is 6.07. The Labute approximate surface area is 127 Å². The molecule has 0 spiro atoms. The lowest BCUT2D eigenvalue weighted by Gasteiger charge is -2.47. The van der Waals surface area contributed by atoms with Crippen molar-refractivity contribution in [1.29, 1.82) is 0 Å². The molecule has 2 fully saturated rings. The third-order valence-electron chi connectivity index (χ3n) is 4.99. The number of amides is 1. The van der Waals surface area contributed by atoms with Gasteiger partial charge in [0.15, 0.2) is 5.84 Å². The van der Waals surface area contributed by atoms with E-state index < -0.39 is 5.41 Å². The third-order valence-corrected chi connectivity index (χ3v) is 4.99. The minimum Gasteiger partial charge on any atom is -0.409 e. The molecular weight excluding hydrogens is 266 g/mol. The van der Waals surface area contributed by atoms with Gasteiger partial charge in [0.05, 0.1) is 0 Å². The first-order chi connectivity index (χ1) is 9.90. The van der Waals surface area contributed by atoms with E-state index in [4.69, 9.17) is 10.9 Å². The quantitative estimate of drug-likeness (QED) is 0.354. The van der Waals surface area contributed by atoms with Crippen LogP contribution in [0.2, 0.25) is 0 Å². The van der Waals surface area contributed by atoms with Gasteiger partial charge in [-0.15, -0.1) is 0 Å². The summed E-state index contributed by atoms with van der Waals surface area (Å²) in [5.74, 6) is 1.06. The summed E-state index contributed by atoms with van der Waals surface area (Å²) in [7, 11) is 0. The SMILES string of the molecule is CC(C)CN(C(=O)C1(C(N)=NO)CC(C)C1)C1CCCC1. The number of nitrogens with zero attached hydrogens (tertiary/aromatic N) is 2. The maximum absolute atomic E-state index is 13.2. The second kappa shape index (κ2) is 6.24. The molecule has 5 heteroatoms. The summed E-state index contributed by atoms with van der Waals surface area (Å²) < 4.78 is 0. The summed E-state index contributed by atoms with van der Waals surface area (Å²) in [6.07, 6.45) is 5.95. The molecule has 2 aliphatic carbocycles. The van der Waals surface area contributed by atoms with Crippen LogP contribution in [0.5, 0.6) is 0 Å². The first-order valence-corrected chi connectivity index (χ1v) is 8.19. The molecule has 120 valence electrons. The predicted molar refractivity (Wildman–Crippen MR) is 83.0 cm³/mol. The molecule has 0 aromatic rings. The van der Waals surface area contributed by atoms with E-state index in [1.54, 1.807) is 0 Å². The Morgan fingerprint density at radius 1 is 1.38 bits per heavy atom. The predicted octanol–water partition coefficient (Wildman–Crippen LogP) is 2.58. The Bertz CT molecular complexity index is 408. The minimum absolute atomic E-state index is 0.0801. The van der Waals surface area contributed by atoms with Crippen LogP contribution in [0.1, 0.15) is 59.3 Å². The van der Waals surface area contributed by atoms with E-state index in [0.29, 0.717) is 30.7 Å². The fourth-order valence-corrected chi connectivity index (χ4v) is 4.00. The van der Waals surface area contributed by atoms with Gasteiger partial charge in [0.1, 0.15) is 5.41 Å². The van der Waals surface area contributed by atoms with Crippen LogP contribution >= 0.6 is 0 Å². The number of carbonyl (C=O) groups is 1. The molecule has 0 saturated heterocycles. The molecule has 0 bridgehead atoms. The van der Waals surface area contributed by atoms with Crippen molar-refractivity contribution in [3.8, 4) is 0 Å². The Kier molecular flexibility index (Phi) is 4.79. The molecule has 0 radical (unpaired) electrons. The van der Waals surface area contributed by atoms with Crippen LogP contribution in [-0.4, -0.2) is 34.4 Å². The molecular formula is C16H29N3O2. The van der Waals surface area contributed by atoms with Crippen LogP contribution in [0, 0.1) is 17.3 Å². The van der Waals surface area contributed by atoms with Crippen LogP contribution < -0.4 is 5.73 Å². The molecule has 0 aromatic carbocycles. The highest BCUT2D eigenvalue weighted by Gasteiger charge is 2.54. The smallest absolute Gasteiger partial charge is 0.236 e. The zero-order chi connectivity index (χ0) is 15.6. The number of hydrogen-bond donors (Lipinski definition) is 2. The van der Waals surface area contributed by atoms with E-state index in [1.807, 2.05) is 4.90 Å². The molecule has 0 atom stereocenters. The monoisotopic (exact) mass is 295 g/mol. The molecule has 0 aliphatic heterocycles. The van der Waals surface area contributed by atoms with E-state index in [-0.39, 0.29) is 11.7 Å². The maximum atomic E-state index is 13.2. The zero-order valence-corrected chi connectivity index (χ0v) is 13.5. The molecule has 21 heavy (non-hydrogen) atoms. The van der Waals surface area contributed by atoms with Crippen molar-refractivity contribution < 1.29 is 10.0 Å². The number of hydrogen-bond acceptors (Lipinski definition) is 3. The summed E-state index contributed by atoms with van der Waals surface area (Å²) in [5.41, 5.74) is 5.14. The Balaban J connectivity index is 2.23. The van der Waals surface area contributed by atoms with Crippen molar-refractivity contribution in [2.75, 3.05) is 6.54 Å².